The second-order valence-corrected chi connectivity index (χ2v) is 5.95. The van der Waals surface area contributed by atoms with E-state index in [1.54, 1.807) is 0 Å². The summed E-state index contributed by atoms with van der Waals surface area (Å²) in [5.74, 6) is 1.50. The van der Waals surface area contributed by atoms with Gasteiger partial charge in [-0.3, -0.25) is 0 Å². The van der Waals surface area contributed by atoms with E-state index >= 15 is 0 Å². The summed E-state index contributed by atoms with van der Waals surface area (Å²) in [5.41, 5.74) is 1.78. The van der Waals surface area contributed by atoms with Crippen LogP contribution in [0.4, 0.5) is 0 Å². The van der Waals surface area contributed by atoms with Crippen molar-refractivity contribution in [3.8, 4) is 22.8 Å². The number of rotatable bonds is 4. The molecule has 0 saturated carbocycles. The van der Waals surface area contributed by atoms with Crippen molar-refractivity contribution in [2.75, 3.05) is 0 Å². The SMILES string of the molecule is Brc1cccc(-c2noc(Cn3nnc(-c4ccccc4)n3)n2)c1. The highest BCUT2D eigenvalue weighted by Crippen LogP contribution is 2.20. The molecule has 0 unspecified atom stereocenters. The summed E-state index contributed by atoms with van der Waals surface area (Å²) in [6.45, 7) is 0.265. The molecule has 8 heteroatoms. The first-order valence-corrected chi connectivity index (χ1v) is 7.99. The van der Waals surface area contributed by atoms with E-state index in [1.807, 2.05) is 54.6 Å². The third-order valence-corrected chi connectivity index (χ3v) is 3.81. The Morgan fingerprint density at radius 1 is 0.958 bits per heavy atom. The van der Waals surface area contributed by atoms with Crippen molar-refractivity contribution >= 4 is 15.9 Å². The average Bonchev–Trinajstić information content (AvgIpc) is 3.26. The standard InChI is InChI=1S/C16H11BrN6O/c17-13-8-4-7-12(9-13)15-18-14(24-21-15)10-23-20-16(19-22-23)11-5-2-1-3-6-11/h1-9H,10H2. The molecule has 118 valence electrons. The molecule has 0 bridgehead atoms. The van der Waals surface area contributed by atoms with Crippen LogP contribution in [-0.2, 0) is 6.54 Å². The van der Waals surface area contributed by atoms with Gasteiger partial charge in [-0.05, 0) is 17.3 Å². The zero-order valence-electron chi connectivity index (χ0n) is 12.4. The fourth-order valence-electron chi connectivity index (χ4n) is 2.20. The van der Waals surface area contributed by atoms with Gasteiger partial charge in [-0.15, -0.1) is 10.2 Å². The number of benzene rings is 2. The Balaban J connectivity index is 1.54. The highest BCUT2D eigenvalue weighted by atomic mass is 79.9. The Bertz CT molecular complexity index is 965. The van der Waals surface area contributed by atoms with Gasteiger partial charge >= 0.3 is 0 Å². The van der Waals surface area contributed by atoms with Gasteiger partial charge in [0.25, 0.3) is 5.89 Å². The molecule has 7 nitrogen and oxygen atoms in total. The molecule has 4 aromatic rings. The lowest BCUT2D eigenvalue weighted by Gasteiger charge is -1.94. The maximum absolute atomic E-state index is 5.27. The normalized spacial score (nSPS) is 10.9. The van der Waals surface area contributed by atoms with Crippen LogP contribution in [0.2, 0.25) is 0 Å². The minimum absolute atomic E-state index is 0.265. The van der Waals surface area contributed by atoms with Gasteiger partial charge < -0.3 is 4.52 Å². The summed E-state index contributed by atoms with van der Waals surface area (Å²) < 4.78 is 6.23. The Kier molecular flexibility index (Phi) is 3.87. The van der Waals surface area contributed by atoms with Crippen LogP contribution in [0.25, 0.3) is 22.8 Å². The van der Waals surface area contributed by atoms with Crippen LogP contribution >= 0.6 is 15.9 Å². The third kappa shape index (κ3) is 3.09. The summed E-state index contributed by atoms with van der Waals surface area (Å²) in [4.78, 5) is 5.80. The molecule has 0 radical (unpaired) electrons. The van der Waals surface area contributed by atoms with Crippen LogP contribution in [0, 0.1) is 0 Å². The Morgan fingerprint density at radius 2 is 1.79 bits per heavy atom. The molecular formula is C16H11BrN6O. The molecule has 0 aliphatic rings. The molecule has 2 aromatic heterocycles. The number of hydrogen-bond acceptors (Lipinski definition) is 6. The van der Waals surface area contributed by atoms with Crippen molar-refractivity contribution < 1.29 is 4.52 Å². The van der Waals surface area contributed by atoms with Crippen LogP contribution in [0.15, 0.2) is 63.6 Å². The van der Waals surface area contributed by atoms with Crippen LogP contribution in [0.3, 0.4) is 0 Å². The van der Waals surface area contributed by atoms with E-state index < -0.39 is 0 Å². The number of aromatic nitrogens is 6. The van der Waals surface area contributed by atoms with Crippen molar-refractivity contribution in [3.63, 3.8) is 0 Å². The first-order valence-electron chi connectivity index (χ1n) is 7.20. The molecule has 0 amide bonds. The smallest absolute Gasteiger partial charge is 0.250 e. The quantitative estimate of drug-likeness (QED) is 0.538. The van der Waals surface area contributed by atoms with E-state index in [9.17, 15) is 0 Å². The van der Waals surface area contributed by atoms with E-state index in [0.717, 1.165) is 15.6 Å². The van der Waals surface area contributed by atoms with Crippen molar-refractivity contribution in [1.29, 1.82) is 0 Å². The Morgan fingerprint density at radius 3 is 2.62 bits per heavy atom. The minimum atomic E-state index is 0.265. The first kappa shape index (κ1) is 14.7. The second kappa shape index (κ2) is 6.32. The van der Waals surface area contributed by atoms with Crippen molar-refractivity contribution in [3.05, 3.63) is 65.0 Å². The molecule has 0 fully saturated rings. The third-order valence-electron chi connectivity index (χ3n) is 3.31. The fourth-order valence-corrected chi connectivity index (χ4v) is 2.60. The molecule has 0 N–H and O–H groups in total. The van der Waals surface area contributed by atoms with Gasteiger partial charge in [-0.1, -0.05) is 63.6 Å². The molecule has 0 atom stereocenters. The molecule has 24 heavy (non-hydrogen) atoms. The molecule has 0 aliphatic carbocycles. The average molecular weight is 383 g/mol. The Labute approximate surface area is 145 Å². The summed E-state index contributed by atoms with van der Waals surface area (Å²) >= 11 is 3.43. The lowest BCUT2D eigenvalue weighted by molar-refractivity contribution is 0.356. The minimum Gasteiger partial charge on any atom is -0.337 e. The first-order chi connectivity index (χ1) is 11.8. The van der Waals surface area contributed by atoms with Crippen LogP contribution in [-0.4, -0.2) is 30.3 Å². The molecule has 4 rings (SSSR count). The van der Waals surface area contributed by atoms with Gasteiger partial charge in [-0.2, -0.15) is 9.78 Å². The lowest BCUT2D eigenvalue weighted by atomic mass is 10.2. The zero-order valence-corrected chi connectivity index (χ0v) is 14.0. The van der Waals surface area contributed by atoms with E-state index in [2.05, 4.69) is 41.5 Å². The van der Waals surface area contributed by atoms with Gasteiger partial charge in [0.05, 0.1) is 0 Å². The monoisotopic (exact) mass is 382 g/mol. The molecule has 2 heterocycles. The van der Waals surface area contributed by atoms with Gasteiger partial charge in [0, 0.05) is 15.6 Å². The zero-order chi connectivity index (χ0) is 16.4. The second-order valence-electron chi connectivity index (χ2n) is 5.03. The van der Waals surface area contributed by atoms with Crippen molar-refractivity contribution in [2.24, 2.45) is 0 Å². The van der Waals surface area contributed by atoms with Crippen molar-refractivity contribution in [1.82, 2.24) is 30.3 Å². The van der Waals surface area contributed by atoms with Gasteiger partial charge in [0.15, 0.2) is 0 Å². The maximum atomic E-state index is 5.27. The van der Waals surface area contributed by atoms with Crippen LogP contribution in [0.1, 0.15) is 5.89 Å². The summed E-state index contributed by atoms with van der Waals surface area (Å²) in [6.07, 6.45) is 0. The fraction of sp³-hybridized carbons (Fsp3) is 0.0625. The van der Waals surface area contributed by atoms with Crippen LogP contribution in [0.5, 0.6) is 0 Å². The van der Waals surface area contributed by atoms with Gasteiger partial charge in [0.2, 0.25) is 11.6 Å². The molecule has 2 aromatic carbocycles. The maximum Gasteiger partial charge on any atom is 0.250 e. The van der Waals surface area contributed by atoms with E-state index in [0.29, 0.717) is 17.5 Å². The predicted octanol–water partition coefficient (Wildman–Crippen LogP) is 3.20. The van der Waals surface area contributed by atoms with E-state index in [4.69, 9.17) is 4.52 Å². The van der Waals surface area contributed by atoms with Gasteiger partial charge in [0.1, 0.15) is 6.54 Å². The number of tetrazole rings is 1. The molecule has 0 saturated heterocycles. The van der Waals surface area contributed by atoms with Crippen LogP contribution < -0.4 is 0 Å². The predicted molar refractivity (Wildman–Crippen MR) is 89.8 cm³/mol. The highest BCUT2D eigenvalue weighted by molar-refractivity contribution is 9.10. The summed E-state index contributed by atoms with van der Waals surface area (Å²) in [5, 5.41) is 16.4. The van der Waals surface area contributed by atoms with Crippen molar-refractivity contribution in [2.45, 2.75) is 6.54 Å². The lowest BCUT2D eigenvalue weighted by Crippen LogP contribution is -2.04. The van der Waals surface area contributed by atoms with Gasteiger partial charge in [-0.25, -0.2) is 0 Å². The number of hydrogen-bond donors (Lipinski definition) is 0. The summed E-state index contributed by atoms with van der Waals surface area (Å²) in [7, 11) is 0. The molecular weight excluding hydrogens is 372 g/mol. The largest absolute Gasteiger partial charge is 0.337 e. The number of halogens is 1. The molecule has 0 aliphatic heterocycles. The number of nitrogens with zero attached hydrogens (tertiary/aromatic N) is 6. The van der Waals surface area contributed by atoms with E-state index in [-0.39, 0.29) is 6.54 Å². The van der Waals surface area contributed by atoms with E-state index in [1.165, 1.54) is 4.80 Å². The Hall–Kier alpha value is -2.87. The topological polar surface area (TPSA) is 82.5 Å². The summed E-state index contributed by atoms with van der Waals surface area (Å²) in [6, 6.07) is 17.4. The highest BCUT2D eigenvalue weighted by Gasteiger charge is 2.12. The molecule has 0 spiro atoms.